The number of hydrogen-bond donors (Lipinski definition) is 1. The van der Waals surface area contributed by atoms with Gasteiger partial charge in [0.1, 0.15) is 0 Å². The lowest BCUT2D eigenvalue weighted by Crippen LogP contribution is -2.13. The molecule has 106 valence electrons. The zero-order valence-corrected chi connectivity index (χ0v) is 14.1. The quantitative estimate of drug-likeness (QED) is 0.858. The van der Waals surface area contributed by atoms with Crippen molar-refractivity contribution < 1.29 is 8.42 Å². The molecule has 0 saturated heterocycles. The first-order valence-corrected chi connectivity index (χ1v) is 8.50. The predicted molar refractivity (Wildman–Crippen MR) is 85.9 cm³/mol. The number of hydrogen-bond acceptors (Lipinski definition) is 2. The van der Waals surface area contributed by atoms with E-state index in [1.165, 1.54) is 0 Å². The van der Waals surface area contributed by atoms with E-state index in [0.717, 1.165) is 11.1 Å². The molecule has 2 rings (SSSR count). The Morgan fingerprint density at radius 1 is 1.10 bits per heavy atom. The van der Waals surface area contributed by atoms with Crippen LogP contribution in [0, 0.1) is 13.8 Å². The van der Waals surface area contributed by atoms with E-state index < -0.39 is 10.0 Å². The second-order valence-electron chi connectivity index (χ2n) is 4.50. The Hall–Kier alpha value is -1.04. The van der Waals surface area contributed by atoms with Crippen LogP contribution < -0.4 is 4.72 Å². The highest BCUT2D eigenvalue weighted by Crippen LogP contribution is 2.30. The maximum Gasteiger partial charge on any atom is 0.261 e. The van der Waals surface area contributed by atoms with Crippen LogP contribution >= 0.6 is 27.5 Å². The van der Waals surface area contributed by atoms with Crippen molar-refractivity contribution in [3.8, 4) is 0 Å². The van der Waals surface area contributed by atoms with Gasteiger partial charge in [0.05, 0.1) is 15.6 Å². The molecule has 3 nitrogen and oxygen atoms in total. The molecule has 0 aliphatic rings. The summed E-state index contributed by atoms with van der Waals surface area (Å²) in [6.45, 7) is 3.70. The molecular weight excluding hydrogens is 362 g/mol. The molecule has 0 fully saturated rings. The summed E-state index contributed by atoms with van der Waals surface area (Å²) in [5.74, 6) is 0. The third-order valence-corrected chi connectivity index (χ3v) is 5.42. The first-order chi connectivity index (χ1) is 9.29. The molecule has 0 aliphatic heterocycles. The summed E-state index contributed by atoms with van der Waals surface area (Å²) in [5.41, 5.74) is 2.27. The fourth-order valence-corrected chi connectivity index (χ4v) is 3.36. The molecule has 0 aliphatic carbocycles. The maximum absolute atomic E-state index is 12.3. The van der Waals surface area contributed by atoms with Crippen LogP contribution in [0.2, 0.25) is 5.02 Å². The van der Waals surface area contributed by atoms with Crippen LogP contribution in [0.5, 0.6) is 0 Å². The number of rotatable bonds is 3. The first-order valence-electron chi connectivity index (χ1n) is 5.85. The van der Waals surface area contributed by atoms with Crippen LogP contribution in [0.4, 0.5) is 5.69 Å². The first kappa shape index (κ1) is 15.4. The molecule has 0 unspecified atom stereocenters. The minimum absolute atomic E-state index is 0.230. The average molecular weight is 375 g/mol. The molecule has 20 heavy (non-hydrogen) atoms. The Morgan fingerprint density at radius 2 is 1.70 bits per heavy atom. The minimum Gasteiger partial charge on any atom is -0.279 e. The maximum atomic E-state index is 12.3. The van der Waals surface area contributed by atoms with Crippen LogP contribution in [-0.4, -0.2) is 8.42 Å². The van der Waals surface area contributed by atoms with E-state index in [1.54, 1.807) is 43.3 Å². The zero-order chi connectivity index (χ0) is 14.9. The summed E-state index contributed by atoms with van der Waals surface area (Å²) in [5, 5.41) is 0.542. The van der Waals surface area contributed by atoms with Gasteiger partial charge in [-0.15, -0.1) is 0 Å². The van der Waals surface area contributed by atoms with Gasteiger partial charge in [0, 0.05) is 4.47 Å². The van der Waals surface area contributed by atoms with Crippen molar-refractivity contribution in [2.24, 2.45) is 0 Å². The smallest absolute Gasteiger partial charge is 0.261 e. The summed E-state index contributed by atoms with van der Waals surface area (Å²) in [6.07, 6.45) is 0. The Kier molecular flexibility index (Phi) is 4.42. The molecule has 0 atom stereocenters. The standard InChI is InChI=1S/C14H13BrClNO2S/c1-9-3-5-11(6-4-9)20(18,19)17-14-8-12(15)13(16)7-10(14)2/h3-8,17H,1-2H3. The highest BCUT2D eigenvalue weighted by atomic mass is 79.9. The van der Waals surface area contributed by atoms with Gasteiger partial charge in [-0.05, 0) is 59.6 Å². The normalized spacial score (nSPS) is 11.4. The van der Waals surface area contributed by atoms with Gasteiger partial charge < -0.3 is 0 Å². The molecule has 0 amide bonds. The van der Waals surface area contributed by atoms with Gasteiger partial charge >= 0.3 is 0 Å². The van der Waals surface area contributed by atoms with Gasteiger partial charge in [0.25, 0.3) is 10.0 Å². The summed E-state index contributed by atoms with van der Waals surface area (Å²) in [4.78, 5) is 0.230. The fraction of sp³-hybridized carbons (Fsp3) is 0.143. The highest BCUT2D eigenvalue weighted by Gasteiger charge is 2.15. The van der Waals surface area contributed by atoms with Crippen LogP contribution in [0.1, 0.15) is 11.1 Å². The molecule has 1 N–H and O–H groups in total. The molecule has 0 heterocycles. The number of aryl methyl sites for hydroxylation is 2. The van der Waals surface area contributed by atoms with E-state index in [4.69, 9.17) is 11.6 Å². The lowest BCUT2D eigenvalue weighted by molar-refractivity contribution is 0.601. The van der Waals surface area contributed by atoms with E-state index in [9.17, 15) is 8.42 Å². The van der Waals surface area contributed by atoms with Crippen molar-refractivity contribution in [2.75, 3.05) is 4.72 Å². The van der Waals surface area contributed by atoms with E-state index in [1.807, 2.05) is 6.92 Å². The number of benzene rings is 2. The second kappa shape index (κ2) is 5.76. The minimum atomic E-state index is -3.60. The van der Waals surface area contributed by atoms with Crippen LogP contribution in [0.25, 0.3) is 0 Å². The summed E-state index contributed by atoms with van der Waals surface area (Å²) in [6, 6.07) is 10.1. The van der Waals surface area contributed by atoms with Crippen molar-refractivity contribution >= 4 is 43.2 Å². The van der Waals surface area contributed by atoms with E-state index in [0.29, 0.717) is 15.2 Å². The molecule has 0 radical (unpaired) electrons. The number of sulfonamides is 1. The number of nitrogens with one attached hydrogen (secondary N) is 1. The van der Waals surface area contributed by atoms with Crippen LogP contribution in [0.15, 0.2) is 45.8 Å². The van der Waals surface area contributed by atoms with Crippen molar-refractivity contribution in [1.29, 1.82) is 0 Å². The Bertz CT molecular complexity index is 743. The largest absolute Gasteiger partial charge is 0.279 e. The monoisotopic (exact) mass is 373 g/mol. The van der Waals surface area contributed by atoms with E-state index in [-0.39, 0.29) is 4.90 Å². The van der Waals surface area contributed by atoms with Crippen molar-refractivity contribution in [3.63, 3.8) is 0 Å². The fourth-order valence-electron chi connectivity index (χ4n) is 1.68. The lowest BCUT2D eigenvalue weighted by atomic mass is 10.2. The van der Waals surface area contributed by atoms with E-state index >= 15 is 0 Å². The number of anilines is 1. The average Bonchev–Trinajstić information content (AvgIpc) is 2.36. The Balaban J connectivity index is 2.38. The van der Waals surface area contributed by atoms with Gasteiger partial charge in [0.15, 0.2) is 0 Å². The summed E-state index contributed by atoms with van der Waals surface area (Å²) < 4.78 is 27.8. The molecule has 0 saturated carbocycles. The van der Waals surface area contributed by atoms with Crippen LogP contribution in [0.3, 0.4) is 0 Å². The van der Waals surface area contributed by atoms with E-state index in [2.05, 4.69) is 20.7 Å². The van der Waals surface area contributed by atoms with Gasteiger partial charge in [-0.3, -0.25) is 4.72 Å². The van der Waals surface area contributed by atoms with Crippen molar-refractivity contribution in [3.05, 3.63) is 57.0 Å². The van der Waals surface area contributed by atoms with Crippen molar-refractivity contribution in [1.82, 2.24) is 0 Å². The molecule has 2 aromatic carbocycles. The van der Waals surface area contributed by atoms with Gasteiger partial charge in [-0.25, -0.2) is 8.42 Å². The molecule has 0 spiro atoms. The summed E-state index contributed by atoms with van der Waals surface area (Å²) in [7, 11) is -3.60. The second-order valence-corrected chi connectivity index (χ2v) is 7.44. The third kappa shape index (κ3) is 3.34. The lowest BCUT2D eigenvalue weighted by Gasteiger charge is -2.12. The van der Waals surface area contributed by atoms with Gasteiger partial charge in [0.2, 0.25) is 0 Å². The third-order valence-electron chi connectivity index (χ3n) is 2.84. The van der Waals surface area contributed by atoms with Gasteiger partial charge in [-0.2, -0.15) is 0 Å². The topological polar surface area (TPSA) is 46.2 Å². The zero-order valence-electron chi connectivity index (χ0n) is 10.9. The molecule has 0 aromatic heterocycles. The molecule has 6 heteroatoms. The highest BCUT2D eigenvalue weighted by molar-refractivity contribution is 9.10. The molecular formula is C14H13BrClNO2S. The van der Waals surface area contributed by atoms with Crippen molar-refractivity contribution in [2.45, 2.75) is 18.7 Å². The van der Waals surface area contributed by atoms with Crippen LogP contribution in [-0.2, 0) is 10.0 Å². The summed E-state index contributed by atoms with van der Waals surface area (Å²) >= 11 is 9.25. The molecule has 2 aromatic rings. The molecule has 0 bridgehead atoms. The number of halogens is 2. The predicted octanol–water partition coefficient (Wildman–Crippen LogP) is 4.52. The Morgan fingerprint density at radius 3 is 2.30 bits per heavy atom. The Labute approximate surface area is 132 Å². The SMILES string of the molecule is Cc1ccc(S(=O)(=O)Nc2cc(Br)c(Cl)cc2C)cc1. The van der Waals surface area contributed by atoms with Gasteiger partial charge in [-0.1, -0.05) is 29.3 Å².